The topological polar surface area (TPSA) is 56.1 Å². The molecule has 29 heavy (non-hydrogen) atoms. The van der Waals surface area contributed by atoms with E-state index in [2.05, 4.69) is 56.9 Å². The summed E-state index contributed by atoms with van der Waals surface area (Å²) in [6, 6.07) is 18.6. The first-order valence-corrected chi connectivity index (χ1v) is 11.3. The molecule has 3 heterocycles. The SMILES string of the molecule is C[C@H](Sc1nnc(N2CCOCC2)n1-c1ccccc1)c1nc2ccccc2s1. The van der Waals surface area contributed by atoms with Crippen LogP contribution < -0.4 is 4.90 Å². The molecule has 5 rings (SSSR count). The maximum Gasteiger partial charge on any atom is 0.232 e. The molecule has 0 bridgehead atoms. The number of benzene rings is 2. The molecule has 0 amide bonds. The summed E-state index contributed by atoms with van der Waals surface area (Å²) >= 11 is 3.44. The third-order valence-corrected chi connectivity index (χ3v) is 7.29. The Hall–Kier alpha value is -2.42. The number of anilines is 1. The summed E-state index contributed by atoms with van der Waals surface area (Å²) in [5.41, 5.74) is 2.12. The number of fused-ring (bicyclic) bond motifs is 1. The number of hydrogen-bond acceptors (Lipinski definition) is 7. The Balaban J connectivity index is 1.49. The summed E-state index contributed by atoms with van der Waals surface area (Å²) in [7, 11) is 0. The monoisotopic (exact) mass is 423 g/mol. The zero-order valence-electron chi connectivity index (χ0n) is 16.1. The number of rotatable bonds is 5. The molecule has 1 aliphatic heterocycles. The van der Waals surface area contributed by atoms with Crippen LogP contribution in [0.5, 0.6) is 0 Å². The molecule has 0 unspecified atom stereocenters. The minimum absolute atomic E-state index is 0.177. The average molecular weight is 424 g/mol. The molecule has 2 aromatic carbocycles. The van der Waals surface area contributed by atoms with E-state index in [0.29, 0.717) is 13.2 Å². The van der Waals surface area contributed by atoms with Gasteiger partial charge < -0.3 is 9.64 Å². The molecule has 1 saturated heterocycles. The molecule has 8 heteroatoms. The maximum atomic E-state index is 5.51. The smallest absolute Gasteiger partial charge is 0.232 e. The molecule has 0 radical (unpaired) electrons. The number of aromatic nitrogens is 4. The fourth-order valence-corrected chi connectivity index (χ4v) is 5.42. The highest BCUT2D eigenvalue weighted by Crippen LogP contribution is 2.39. The molecule has 2 aromatic heterocycles. The van der Waals surface area contributed by atoms with Crippen LogP contribution in [0.25, 0.3) is 15.9 Å². The van der Waals surface area contributed by atoms with E-state index in [0.717, 1.165) is 40.4 Å². The van der Waals surface area contributed by atoms with Gasteiger partial charge in [0.2, 0.25) is 5.95 Å². The van der Waals surface area contributed by atoms with Crippen LogP contribution in [0.4, 0.5) is 5.95 Å². The molecule has 0 spiro atoms. The second-order valence-corrected chi connectivity index (χ2v) is 9.20. The predicted molar refractivity (Wildman–Crippen MR) is 118 cm³/mol. The molecule has 4 aromatic rings. The minimum Gasteiger partial charge on any atom is -0.378 e. The number of ether oxygens (including phenoxy) is 1. The highest BCUT2D eigenvalue weighted by atomic mass is 32.2. The fraction of sp³-hybridized carbons (Fsp3) is 0.286. The highest BCUT2D eigenvalue weighted by Gasteiger charge is 2.24. The van der Waals surface area contributed by atoms with E-state index < -0.39 is 0 Å². The first-order valence-electron chi connectivity index (χ1n) is 9.65. The van der Waals surface area contributed by atoms with Gasteiger partial charge in [-0.15, -0.1) is 21.5 Å². The van der Waals surface area contributed by atoms with Crippen molar-refractivity contribution in [2.24, 2.45) is 0 Å². The predicted octanol–water partition coefficient (Wildman–Crippen LogP) is 4.57. The molecular formula is C21H21N5OS2. The summed E-state index contributed by atoms with van der Waals surface area (Å²) in [6.45, 7) is 5.26. The zero-order chi connectivity index (χ0) is 19.6. The number of thiazole rings is 1. The normalized spacial score (nSPS) is 15.7. The number of morpholine rings is 1. The lowest BCUT2D eigenvalue weighted by Crippen LogP contribution is -2.37. The van der Waals surface area contributed by atoms with Gasteiger partial charge in [0.25, 0.3) is 0 Å². The van der Waals surface area contributed by atoms with Gasteiger partial charge in [0.1, 0.15) is 5.01 Å². The van der Waals surface area contributed by atoms with E-state index >= 15 is 0 Å². The van der Waals surface area contributed by atoms with Crippen LogP contribution in [-0.2, 0) is 4.74 Å². The Labute approximate surface area is 177 Å². The number of hydrogen-bond donors (Lipinski definition) is 0. The standard InChI is InChI=1S/C21H21N5OS2/c1-15(19-22-17-9-5-6-10-18(17)29-19)28-21-24-23-20(25-11-13-27-14-12-25)26(21)16-7-3-2-4-8-16/h2-10,15H,11-14H2,1H3/t15-/m0/s1. The molecule has 0 aliphatic carbocycles. The lowest BCUT2D eigenvalue weighted by molar-refractivity contribution is 0.122. The van der Waals surface area contributed by atoms with E-state index in [9.17, 15) is 0 Å². The minimum atomic E-state index is 0.177. The molecule has 0 saturated carbocycles. The molecule has 6 nitrogen and oxygen atoms in total. The molecule has 0 N–H and O–H groups in total. The van der Waals surface area contributed by atoms with Crippen molar-refractivity contribution >= 4 is 39.3 Å². The van der Waals surface area contributed by atoms with Crippen molar-refractivity contribution in [1.29, 1.82) is 0 Å². The maximum absolute atomic E-state index is 5.51. The third-order valence-electron chi connectivity index (χ3n) is 4.86. The lowest BCUT2D eigenvalue weighted by atomic mass is 10.3. The van der Waals surface area contributed by atoms with E-state index in [1.54, 1.807) is 23.1 Å². The van der Waals surface area contributed by atoms with E-state index in [1.807, 2.05) is 24.3 Å². The fourth-order valence-electron chi connectivity index (χ4n) is 3.38. The van der Waals surface area contributed by atoms with Crippen molar-refractivity contribution in [2.75, 3.05) is 31.2 Å². The Morgan fingerprint density at radius 1 is 1.00 bits per heavy atom. The Kier molecular flexibility index (Phi) is 5.22. The number of thioether (sulfide) groups is 1. The summed E-state index contributed by atoms with van der Waals surface area (Å²) < 4.78 is 8.88. The van der Waals surface area contributed by atoms with Crippen LogP contribution in [0.3, 0.4) is 0 Å². The summed E-state index contributed by atoms with van der Waals surface area (Å²) in [6.07, 6.45) is 0. The second kappa shape index (κ2) is 8.14. The van der Waals surface area contributed by atoms with Gasteiger partial charge in [-0.25, -0.2) is 4.98 Å². The van der Waals surface area contributed by atoms with Crippen LogP contribution >= 0.6 is 23.1 Å². The van der Waals surface area contributed by atoms with E-state index in [4.69, 9.17) is 9.72 Å². The summed E-state index contributed by atoms with van der Waals surface area (Å²) in [5.74, 6) is 0.874. The average Bonchev–Trinajstić information content (AvgIpc) is 3.39. The van der Waals surface area contributed by atoms with Crippen LogP contribution in [0.15, 0.2) is 59.8 Å². The van der Waals surface area contributed by atoms with E-state index in [1.165, 1.54) is 4.70 Å². The first-order chi connectivity index (χ1) is 14.3. The van der Waals surface area contributed by atoms with Gasteiger partial charge in [-0.2, -0.15) is 0 Å². The van der Waals surface area contributed by atoms with Gasteiger partial charge in [-0.05, 0) is 31.2 Å². The van der Waals surface area contributed by atoms with Crippen LogP contribution in [0, 0.1) is 0 Å². The second-order valence-electron chi connectivity index (χ2n) is 6.83. The van der Waals surface area contributed by atoms with E-state index in [-0.39, 0.29) is 5.25 Å². The summed E-state index contributed by atoms with van der Waals surface area (Å²) in [5, 5.41) is 11.3. The Morgan fingerprint density at radius 3 is 2.55 bits per heavy atom. The summed E-state index contributed by atoms with van der Waals surface area (Å²) in [4.78, 5) is 7.07. The Morgan fingerprint density at radius 2 is 1.76 bits per heavy atom. The van der Waals surface area contributed by atoms with Crippen molar-refractivity contribution in [1.82, 2.24) is 19.7 Å². The van der Waals surface area contributed by atoms with Crippen LogP contribution in [0.2, 0.25) is 0 Å². The van der Waals surface area contributed by atoms with Gasteiger partial charge in [0, 0.05) is 13.1 Å². The highest BCUT2D eigenvalue weighted by molar-refractivity contribution is 7.99. The van der Waals surface area contributed by atoms with Crippen molar-refractivity contribution in [3.05, 3.63) is 59.6 Å². The molecule has 1 fully saturated rings. The number of para-hydroxylation sites is 2. The quantitative estimate of drug-likeness (QED) is 0.439. The Bertz CT molecular complexity index is 1070. The molecule has 1 aliphatic rings. The third kappa shape index (κ3) is 3.75. The van der Waals surface area contributed by atoms with Gasteiger partial charge in [-0.3, -0.25) is 4.57 Å². The van der Waals surface area contributed by atoms with Gasteiger partial charge in [0.05, 0.1) is 34.4 Å². The molecule has 1 atom stereocenters. The van der Waals surface area contributed by atoms with Gasteiger partial charge >= 0.3 is 0 Å². The number of nitrogens with zero attached hydrogens (tertiary/aromatic N) is 5. The van der Waals surface area contributed by atoms with Gasteiger partial charge in [-0.1, -0.05) is 42.1 Å². The van der Waals surface area contributed by atoms with Crippen molar-refractivity contribution in [3.8, 4) is 5.69 Å². The largest absolute Gasteiger partial charge is 0.378 e. The first kappa shape index (κ1) is 18.6. The van der Waals surface area contributed by atoms with Gasteiger partial charge in [0.15, 0.2) is 5.16 Å². The molecule has 148 valence electrons. The zero-order valence-corrected chi connectivity index (χ0v) is 17.7. The molecular weight excluding hydrogens is 402 g/mol. The van der Waals surface area contributed by atoms with Crippen LogP contribution in [0.1, 0.15) is 17.2 Å². The lowest BCUT2D eigenvalue weighted by Gasteiger charge is -2.28. The van der Waals surface area contributed by atoms with Crippen molar-refractivity contribution in [2.45, 2.75) is 17.3 Å². The van der Waals surface area contributed by atoms with Crippen molar-refractivity contribution in [3.63, 3.8) is 0 Å². The van der Waals surface area contributed by atoms with Crippen molar-refractivity contribution < 1.29 is 4.74 Å². The van der Waals surface area contributed by atoms with Crippen LogP contribution in [-0.4, -0.2) is 46.1 Å².